The molecule has 28 heavy (non-hydrogen) atoms. The van der Waals surface area contributed by atoms with Crippen molar-refractivity contribution >= 4 is 16.6 Å². The van der Waals surface area contributed by atoms with Gasteiger partial charge < -0.3 is 13.8 Å². The van der Waals surface area contributed by atoms with Crippen LogP contribution in [-0.2, 0) is 10.3 Å². The fraction of sp³-hybridized carbons (Fsp3) is 0.400. The quantitative estimate of drug-likeness (QED) is 0.525. The second-order valence-electron chi connectivity index (χ2n) is 7.37. The Morgan fingerprint density at radius 1 is 1.25 bits per heavy atom. The molecule has 0 aliphatic heterocycles. The standard InChI is InChI=1S/C20H23N5O3/c1-6-12(2)25-14-10-8-7-9-13(14)24-11-21-15(16(24)18(25)26)17-22-19(28-23-17)20(3,4)27-5/h7-12H,6H2,1-5H3. The minimum Gasteiger partial charge on any atom is -0.369 e. The predicted molar refractivity (Wildman–Crippen MR) is 105 cm³/mol. The highest BCUT2D eigenvalue weighted by molar-refractivity contribution is 5.83. The topological polar surface area (TPSA) is 87.5 Å². The van der Waals surface area contributed by atoms with Crippen LogP contribution in [0.3, 0.4) is 0 Å². The zero-order valence-electron chi connectivity index (χ0n) is 16.6. The molecule has 1 unspecified atom stereocenters. The molecule has 0 radical (unpaired) electrons. The van der Waals surface area contributed by atoms with E-state index in [0.29, 0.717) is 17.1 Å². The van der Waals surface area contributed by atoms with Gasteiger partial charge in [-0.25, -0.2) is 4.98 Å². The Bertz CT molecular complexity index is 1220. The maximum absolute atomic E-state index is 13.4. The largest absolute Gasteiger partial charge is 0.369 e. The fourth-order valence-electron chi connectivity index (χ4n) is 3.27. The number of ether oxygens (including phenoxy) is 1. The van der Waals surface area contributed by atoms with Crippen molar-refractivity contribution in [2.24, 2.45) is 0 Å². The SMILES string of the molecule is CCC(C)n1c(=O)c2c(-c3noc(C(C)(C)OC)n3)ncn2c2ccccc21. The van der Waals surface area contributed by atoms with E-state index in [4.69, 9.17) is 9.26 Å². The number of imidazole rings is 1. The van der Waals surface area contributed by atoms with Crippen LogP contribution in [-0.4, -0.2) is 31.2 Å². The molecule has 146 valence electrons. The number of nitrogens with zero attached hydrogens (tertiary/aromatic N) is 5. The summed E-state index contributed by atoms with van der Waals surface area (Å²) in [5.74, 6) is 0.597. The zero-order valence-corrected chi connectivity index (χ0v) is 16.6. The van der Waals surface area contributed by atoms with Gasteiger partial charge in [0.15, 0.2) is 0 Å². The molecule has 8 nitrogen and oxygen atoms in total. The van der Waals surface area contributed by atoms with Gasteiger partial charge in [0, 0.05) is 13.2 Å². The number of methoxy groups -OCH3 is 1. The fourth-order valence-corrected chi connectivity index (χ4v) is 3.27. The molecule has 0 saturated heterocycles. The second-order valence-corrected chi connectivity index (χ2v) is 7.37. The molecule has 0 aliphatic rings. The first-order valence-corrected chi connectivity index (χ1v) is 9.29. The van der Waals surface area contributed by atoms with Gasteiger partial charge in [0.05, 0.1) is 11.0 Å². The molecular weight excluding hydrogens is 358 g/mol. The second kappa shape index (κ2) is 6.56. The molecule has 1 aromatic carbocycles. The molecular formula is C20H23N5O3. The van der Waals surface area contributed by atoms with Crippen LogP contribution >= 0.6 is 0 Å². The summed E-state index contributed by atoms with van der Waals surface area (Å²) < 4.78 is 14.4. The van der Waals surface area contributed by atoms with Gasteiger partial charge in [-0.2, -0.15) is 4.98 Å². The van der Waals surface area contributed by atoms with E-state index in [2.05, 4.69) is 22.0 Å². The number of hydrogen-bond donors (Lipinski definition) is 0. The summed E-state index contributed by atoms with van der Waals surface area (Å²) in [6.45, 7) is 7.76. The normalized spacial score (nSPS) is 13.5. The lowest BCUT2D eigenvalue weighted by Crippen LogP contribution is -2.25. The summed E-state index contributed by atoms with van der Waals surface area (Å²) in [4.78, 5) is 22.3. The Morgan fingerprint density at radius 2 is 1.96 bits per heavy atom. The van der Waals surface area contributed by atoms with Crippen molar-refractivity contribution in [3.8, 4) is 11.5 Å². The highest BCUT2D eigenvalue weighted by atomic mass is 16.5. The Labute approximate surface area is 161 Å². The smallest absolute Gasteiger partial charge is 0.278 e. The summed E-state index contributed by atoms with van der Waals surface area (Å²) in [7, 11) is 1.58. The molecule has 0 saturated carbocycles. The molecule has 3 aromatic heterocycles. The van der Waals surface area contributed by atoms with Crippen molar-refractivity contribution in [2.45, 2.75) is 45.8 Å². The van der Waals surface area contributed by atoms with Crippen LogP contribution < -0.4 is 5.56 Å². The van der Waals surface area contributed by atoms with E-state index in [0.717, 1.165) is 17.5 Å². The van der Waals surface area contributed by atoms with Crippen molar-refractivity contribution in [1.29, 1.82) is 0 Å². The molecule has 0 amide bonds. The van der Waals surface area contributed by atoms with Crippen LogP contribution in [0, 0.1) is 0 Å². The Hall–Kier alpha value is -3.00. The van der Waals surface area contributed by atoms with Crippen LogP contribution in [0.1, 0.15) is 46.0 Å². The molecule has 0 bridgehead atoms. The highest BCUT2D eigenvalue weighted by Crippen LogP contribution is 2.27. The van der Waals surface area contributed by atoms with Crippen molar-refractivity contribution in [2.75, 3.05) is 7.11 Å². The van der Waals surface area contributed by atoms with E-state index in [1.54, 1.807) is 17.8 Å². The van der Waals surface area contributed by atoms with Crippen LogP contribution in [0.5, 0.6) is 0 Å². The summed E-state index contributed by atoms with van der Waals surface area (Å²) in [6.07, 6.45) is 2.46. The summed E-state index contributed by atoms with van der Waals surface area (Å²) in [5.41, 5.74) is 1.74. The molecule has 1 atom stereocenters. The average molecular weight is 381 g/mol. The molecule has 0 spiro atoms. The Morgan fingerprint density at radius 3 is 2.64 bits per heavy atom. The molecule has 3 heterocycles. The highest BCUT2D eigenvalue weighted by Gasteiger charge is 2.29. The van der Waals surface area contributed by atoms with Crippen molar-refractivity contribution in [3.63, 3.8) is 0 Å². The van der Waals surface area contributed by atoms with Gasteiger partial charge in [0.2, 0.25) is 5.82 Å². The average Bonchev–Trinajstić information content (AvgIpc) is 3.35. The minimum atomic E-state index is -0.732. The van der Waals surface area contributed by atoms with Gasteiger partial charge in [0.1, 0.15) is 23.1 Å². The summed E-state index contributed by atoms with van der Waals surface area (Å²) in [5, 5.41) is 4.05. The first-order valence-electron chi connectivity index (χ1n) is 9.29. The number of rotatable bonds is 5. The lowest BCUT2D eigenvalue weighted by atomic mass is 10.1. The van der Waals surface area contributed by atoms with Crippen LogP contribution in [0.4, 0.5) is 0 Å². The Kier molecular flexibility index (Phi) is 4.30. The summed E-state index contributed by atoms with van der Waals surface area (Å²) >= 11 is 0. The van der Waals surface area contributed by atoms with E-state index in [1.165, 1.54) is 0 Å². The number of hydrogen-bond acceptors (Lipinski definition) is 6. The van der Waals surface area contributed by atoms with Crippen LogP contribution in [0.25, 0.3) is 28.1 Å². The molecule has 0 fully saturated rings. The molecule has 8 heteroatoms. The number of aromatic nitrogens is 5. The third-order valence-electron chi connectivity index (χ3n) is 5.28. The maximum Gasteiger partial charge on any atom is 0.278 e. The van der Waals surface area contributed by atoms with Gasteiger partial charge in [0.25, 0.3) is 11.4 Å². The third kappa shape index (κ3) is 2.63. The van der Waals surface area contributed by atoms with E-state index >= 15 is 0 Å². The monoisotopic (exact) mass is 381 g/mol. The zero-order chi connectivity index (χ0) is 20.1. The Balaban J connectivity index is 2.03. The lowest BCUT2D eigenvalue weighted by molar-refractivity contribution is -0.00786. The van der Waals surface area contributed by atoms with Crippen molar-refractivity contribution in [3.05, 3.63) is 46.8 Å². The van der Waals surface area contributed by atoms with Gasteiger partial charge in [-0.1, -0.05) is 24.2 Å². The lowest BCUT2D eigenvalue weighted by Gasteiger charge is -2.17. The minimum absolute atomic E-state index is 0.0402. The van der Waals surface area contributed by atoms with Crippen LogP contribution in [0.2, 0.25) is 0 Å². The number of para-hydroxylation sites is 2. The summed E-state index contributed by atoms with van der Waals surface area (Å²) in [6, 6.07) is 7.85. The predicted octanol–water partition coefficient (Wildman–Crippen LogP) is 3.55. The van der Waals surface area contributed by atoms with E-state index in [9.17, 15) is 4.79 Å². The number of fused-ring (bicyclic) bond motifs is 3. The maximum atomic E-state index is 13.4. The molecule has 4 aromatic rings. The van der Waals surface area contributed by atoms with E-state index in [-0.39, 0.29) is 17.4 Å². The van der Waals surface area contributed by atoms with E-state index in [1.807, 2.05) is 49.6 Å². The molecule has 0 aliphatic carbocycles. The first kappa shape index (κ1) is 18.4. The number of benzene rings is 1. The van der Waals surface area contributed by atoms with Crippen molar-refractivity contribution < 1.29 is 9.26 Å². The van der Waals surface area contributed by atoms with Crippen molar-refractivity contribution in [1.82, 2.24) is 24.1 Å². The van der Waals surface area contributed by atoms with Gasteiger partial charge in [-0.3, -0.25) is 9.20 Å². The van der Waals surface area contributed by atoms with E-state index < -0.39 is 5.60 Å². The first-order chi connectivity index (χ1) is 13.4. The van der Waals surface area contributed by atoms with Gasteiger partial charge >= 0.3 is 0 Å². The van der Waals surface area contributed by atoms with Crippen LogP contribution in [0.15, 0.2) is 39.9 Å². The van der Waals surface area contributed by atoms with Gasteiger partial charge in [-0.15, -0.1) is 0 Å². The molecule has 4 rings (SSSR count). The molecule has 0 N–H and O–H groups in total. The third-order valence-corrected chi connectivity index (χ3v) is 5.28. The van der Waals surface area contributed by atoms with Gasteiger partial charge in [-0.05, 0) is 39.3 Å².